The molecule has 0 aliphatic carbocycles. The molecule has 154 valence electrons. The summed E-state index contributed by atoms with van der Waals surface area (Å²) < 4.78 is 31.9. The number of hydrogen-bond donors (Lipinski definition) is 1. The first-order valence-electron chi connectivity index (χ1n) is 9.57. The van der Waals surface area contributed by atoms with Gasteiger partial charge in [0.25, 0.3) is 5.91 Å². The largest absolute Gasteiger partial charge is 0.467 e. The van der Waals surface area contributed by atoms with Gasteiger partial charge in [0, 0.05) is 17.9 Å². The summed E-state index contributed by atoms with van der Waals surface area (Å²) in [5.74, 6) is 0.696. The summed E-state index contributed by atoms with van der Waals surface area (Å²) >= 11 is 0. The molecule has 2 aromatic heterocycles. The molecule has 1 N–H and O–H groups in total. The Labute approximate surface area is 171 Å². The minimum atomic E-state index is -3.20. The first-order chi connectivity index (χ1) is 13.9. The molecule has 0 spiro atoms. The zero-order valence-corrected chi connectivity index (χ0v) is 17.5. The molecule has 0 saturated heterocycles. The molecule has 3 aromatic rings. The van der Waals surface area contributed by atoms with Gasteiger partial charge in [-0.2, -0.15) is 0 Å². The van der Waals surface area contributed by atoms with Crippen molar-refractivity contribution in [1.29, 1.82) is 0 Å². The normalized spacial score (nSPS) is 11.5. The van der Waals surface area contributed by atoms with E-state index in [1.54, 1.807) is 18.4 Å². The maximum Gasteiger partial charge on any atom is 0.253 e. The summed E-state index contributed by atoms with van der Waals surface area (Å²) in [4.78, 5) is 12.6. The van der Waals surface area contributed by atoms with Crippen molar-refractivity contribution in [2.24, 2.45) is 0 Å². The molecule has 0 radical (unpaired) electrons. The molecule has 1 amide bonds. The number of aryl methyl sites for hydroxylation is 1. The Morgan fingerprint density at radius 2 is 1.86 bits per heavy atom. The molecule has 0 bridgehead atoms. The predicted molar refractivity (Wildman–Crippen MR) is 113 cm³/mol. The van der Waals surface area contributed by atoms with Crippen LogP contribution in [-0.4, -0.2) is 31.2 Å². The van der Waals surface area contributed by atoms with Gasteiger partial charge in [-0.3, -0.25) is 4.79 Å². The van der Waals surface area contributed by atoms with Gasteiger partial charge in [0.05, 0.1) is 29.9 Å². The Balaban J connectivity index is 1.52. The van der Waals surface area contributed by atoms with Crippen molar-refractivity contribution in [3.8, 4) is 0 Å². The predicted octanol–water partition coefficient (Wildman–Crippen LogP) is 3.48. The molecule has 0 aliphatic rings. The molecule has 6 nitrogen and oxygen atoms in total. The van der Waals surface area contributed by atoms with Crippen LogP contribution in [-0.2, 0) is 22.1 Å². The number of aromatic nitrogens is 1. The highest BCUT2D eigenvalue weighted by Gasteiger charge is 2.17. The van der Waals surface area contributed by atoms with Crippen molar-refractivity contribution >= 4 is 15.7 Å². The van der Waals surface area contributed by atoms with E-state index in [4.69, 9.17) is 4.42 Å². The number of nitrogens with zero attached hydrogens (tertiary/aromatic N) is 1. The van der Waals surface area contributed by atoms with Gasteiger partial charge >= 0.3 is 0 Å². The highest BCUT2D eigenvalue weighted by atomic mass is 32.2. The van der Waals surface area contributed by atoms with E-state index in [0.29, 0.717) is 25.1 Å². The van der Waals surface area contributed by atoms with E-state index in [2.05, 4.69) is 5.32 Å². The zero-order valence-electron chi connectivity index (χ0n) is 16.7. The molecule has 3 rings (SSSR count). The van der Waals surface area contributed by atoms with Gasteiger partial charge in [0.15, 0.2) is 9.84 Å². The molecule has 0 aliphatic heterocycles. The molecular formula is C22H26N2O4S. The topological polar surface area (TPSA) is 81.3 Å². The van der Waals surface area contributed by atoms with Crippen molar-refractivity contribution in [2.75, 3.05) is 12.3 Å². The number of carbonyl (C=O) groups excluding carboxylic acids is 1. The summed E-state index contributed by atoms with van der Waals surface area (Å²) in [6.07, 6.45) is 2.01. The van der Waals surface area contributed by atoms with E-state index < -0.39 is 9.84 Å². The van der Waals surface area contributed by atoms with Crippen LogP contribution in [0.5, 0.6) is 0 Å². The van der Waals surface area contributed by atoms with E-state index in [9.17, 15) is 13.2 Å². The smallest absolute Gasteiger partial charge is 0.253 e. The second-order valence-corrected chi connectivity index (χ2v) is 9.32. The van der Waals surface area contributed by atoms with Crippen LogP contribution in [0.1, 0.15) is 39.5 Å². The summed E-state index contributed by atoms with van der Waals surface area (Å²) in [5, 5.41) is 2.84. The number of rotatable bonds is 9. The molecule has 0 atom stereocenters. The highest BCUT2D eigenvalue weighted by molar-refractivity contribution is 7.90. The van der Waals surface area contributed by atoms with Gasteiger partial charge in [0.1, 0.15) is 5.76 Å². The number of nitrogens with one attached hydrogen (secondary N) is 1. The lowest BCUT2D eigenvalue weighted by atomic mass is 10.2. The Morgan fingerprint density at radius 3 is 2.55 bits per heavy atom. The number of benzene rings is 1. The third-order valence-electron chi connectivity index (χ3n) is 4.86. The number of hydrogen-bond acceptors (Lipinski definition) is 4. The van der Waals surface area contributed by atoms with Crippen LogP contribution < -0.4 is 5.32 Å². The minimum absolute atomic E-state index is 0.0235. The fourth-order valence-corrected chi connectivity index (χ4v) is 4.75. The minimum Gasteiger partial charge on any atom is -0.467 e. The second kappa shape index (κ2) is 9.13. The van der Waals surface area contributed by atoms with E-state index in [1.807, 2.05) is 54.8 Å². The summed E-state index contributed by atoms with van der Waals surface area (Å²) in [5.41, 5.74) is 3.20. The van der Waals surface area contributed by atoms with Crippen LogP contribution in [0, 0.1) is 13.8 Å². The van der Waals surface area contributed by atoms with Crippen molar-refractivity contribution in [1.82, 2.24) is 9.88 Å². The molecule has 29 heavy (non-hydrogen) atoms. The maximum atomic E-state index is 12.6. The van der Waals surface area contributed by atoms with Gasteiger partial charge in [-0.1, -0.05) is 30.3 Å². The standard InChI is InChI=1S/C22H26N2O4S/c1-17-14-21(18(2)24(17)15-20-10-6-12-28-20)22(25)23-11-7-13-29(26,27)16-19-8-4-3-5-9-19/h3-6,8-10,12,14H,7,11,13,15-16H2,1-2H3,(H,23,25). The average molecular weight is 415 g/mol. The van der Waals surface area contributed by atoms with Gasteiger partial charge in [-0.15, -0.1) is 0 Å². The van der Waals surface area contributed by atoms with E-state index in [0.717, 1.165) is 22.7 Å². The third kappa shape index (κ3) is 5.60. The number of furan rings is 1. The Kier molecular flexibility index (Phi) is 6.59. The third-order valence-corrected chi connectivity index (χ3v) is 6.54. The average Bonchev–Trinajstić information content (AvgIpc) is 3.29. The molecule has 0 unspecified atom stereocenters. The first-order valence-corrected chi connectivity index (χ1v) is 11.4. The van der Waals surface area contributed by atoms with Gasteiger partial charge < -0.3 is 14.3 Å². The quantitative estimate of drug-likeness (QED) is 0.544. The van der Waals surface area contributed by atoms with Crippen LogP contribution in [0.2, 0.25) is 0 Å². The van der Waals surface area contributed by atoms with E-state index >= 15 is 0 Å². The van der Waals surface area contributed by atoms with Crippen molar-refractivity contribution in [2.45, 2.75) is 32.6 Å². The molecular weight excluding hydrogens is 388 g/mol. The number of carbonyl (C=O) groups is 1. The second-order valence-electron chi connectivity index (χ2n) is 7.14. The molecule has 0 saturated carbocycles. The fourth-order valence-electron chi connectivity index (χ4n) is 3.32. The van der Waals surface area contributed by atoms with E-state index in [-0.39, 0.29) is 17.4 Å². The zero-order chi connectivity index (χ0) is 20.9. The number of sulfone groups is 1. The molecule has 7 heteroatoms. The number of amides is 1. The molecule has 1 aromatic carbocycles. The lowest BCUT2D eigenvalue weighted by Gasteiger charge is -2.09. The van der Waals surface area contributed by atoms with Crippen LogP contribution in [0.15, 0.2) is 59.2 Å². The molecule has 0 fully saturated rings. The first kappa shape index (κ1) is 20.9. The Morgan fingerprint density at radius 1 is 1.10 bits per heavy atom. The summed E-state index contributed by atoms with van der Waals surface area (Å²) in [7, 11) is -3.20. The van der Waals surface area contributed by atoms with Crippen LogP contribution in [0.4, 0.5) is 0 Å². The van der Waals surface area contributed by atoms with Crippen molar-refractivity contribution < 1.29 is 17.6 Å². The lowest BCUT2D eigenvalue weighted by Crippen LogP contribution is -2.26. The highest BCUT2D eigenvalue weighted by Crippen LogP contribution is 2.17. The lowest BCUT2D eigenvalue weighted by molar-refractivity contribution is 0.0953. The summed E-state index contributed by atoms with van der Waals surface area (Å²) in [6.45, 7) is 4.72. The molecule has 2 heterocycles. The van der Waals surface area contributed by atoms with E-state index in [1.165, 1.54) is 0 Å². The van der Waals surface area contributed by atoms with Crippen LogP contribution in [0.3, 0.4) is 0 Å². The summed E-state index contributed by atoms with van der Waals surface area (Å²) in [6, 6.07) is 14.7. The maximum absolute atomic E-state index is 12.6. The van der Waals surface area contributed by atoms with Crippen LogP contribution in [0.25, 0.3) is 0 Å². The monoisotopic (exact) mass is 414 g/mol. The Hall–Kier alpha value is -2.80. The Bertz CT molecular complexity index is 1050. The van der Waals surface area contributed by atoms with Gasteiger partial charge in [0.2, 0.25) is 0 Å². The SMILES string of the molecule is Cc1cc(C(=O)NCCCS(=O)(=O)Cc2ccccc2)c(C)n1Cc1ccco1. The fraction of sp³-hybridized carbons (Fsp3) is 0.318. The van der Waals surface area contributed by atoms with Crippen molar-refractivity contribution in [3.05, 3.63) is 83.1 Å². The van der Waals surface area contributed by atoms with Crippen LogP contribution >= 0.6 is 0 Å². The van der Waals surface area contributed by atoms with Gasteiger partial charge in [-0.05, 0) is 44.0 Å². The van der Waals surface area contributed by atoms with Crippen molar-refractivity contribution in [3.63, 3.8) is 0 Å². The van der Waals surface area contributed by atoms with Gasteiger partial charge in [-0.25, -0.2) is 8.42 Å².